The van der Waals surface area contributed by atoms with E-state index in [1.165, 1.54) is 18.2 Å². The Morgan fingerprint density at radius 1 is 0.957 bits per heavy atom. The van der Waals surface area contributed by atoms with E-state index < -0.39 is 17.7 Å². The number of nitrogens with one attached hydrogen (secondary N) is 1. The van der Waals surface area contributed by atoms with Gasteiger partial charge in [-0.05, 0) is 35.4 Å². The maximum atomic E-state index is 13.3. The highest BCUT2D eigenvalue weighted by atomic mass is 19.1. The second-order valence-corrected chi connectivity index (χ2v) is 4.94. The molecule has 6 heteroatoms. The first kappa shape index (κ1) is 14.6. The Kier molecular flexibility index (Phi) is 3.50. The lowest BCUT2D eigenvalue weighted by Gasteiger charge is -2.05. The van der Waals surface area contributed by atoms with Gasteiger partial charge >= 0.3 is 5.97 Å². The number of amides is 1. The number of carbonyl (C=O) groups is 3. The fourth-order valence-electron chi connectivity index (χ4n) is 2.46. The second kappa shape index (κ2) is 5.49. The van der Waals surface area contributed by atoms with Crippen molar-refractivity contribution in [3.8, 4) is 11.1 Å². The Labute approximate surface area is 130 Å². The van der Waals surface area contributed by atoms with E-state index in [2.05, 4.69) is 5.32 Å². The van der Waals surface area contributed by atoms with Gasteiger partial charge < -0.3 is 10.4 Å². The molecular formula is C17H10FNO4. The van der Waals surface area contributed by atoms with Gasteiger partial charge in [0.2, 0.25) is 5.91 Å². The van der Waals surface area contributed by atoms with Gasteiger partial charge in [0, 0.05) is 29.0 Å². The number of benzene rings is 2. The standard InChI is InChI=1S/C17H10FNO4/c18-9-1-3-11-12-4-2-10(19-15(20)5-6-16(21)22)8-14(12)17(23)13(11)7-9/h1-8H,(H,19,20)(H,21,22). The molecule has 0 fully saturated rings. The molecule has 114 valence electrons. The molecule has 0 bridgehead atoms. The van der Waals surface area contributed by atoms with Crippen molar-refractivity contribution >= 4 is 23.3 Å². The third-order valence-corrected chi connectivity index (χ3v) is 3.43. The van der Waals surface area contributed by atoms with E-state index in [4.69, 9.17) is 5.11 Å². The summed E-state index contributed by atoms with van der Waals surface area (Å²) in [6, 6.07) is 8.76. The summed E-state index contributed by atoms with van der Waals surface area (Å²) in [4.78, 5) is 34.3. The maximum Gasteiger partial charge on any atom is 0.328 e. The quantitative estimate of drug-likeness (QED) is 0.728. The monoisotopic (exact) mass is 311 g/mol. The van der Waals surface area contributed by atoms with Crippen LogP contribution in [0.5, 0.6) is 0 Å². The number of aliphatic carboxylic acids is 1. The van der Waals surface area contributed by atoms with Gasteiger partial charge in [0.1, 0.15) is 5.82 Å². The van der Waals surface area contributed by atoms with Crippen molar-refractivity contribution in [2.24, 2.45) is 0 Å². The minimum atomic E-state index is -1.23. The number of rotatable bonds is 3. The van der Waals surface area contributed by atoms with Gasteiger partial charge in [0.15, 0.2) is 5.78 Å². The topological polar surface area (TPSA) is 83.5 Å². The van der Waals surface area contributed by atoms with Crippen LogP contribution in [0.1, 0.15) is 15.9 Å². The van der Waals surface area contributed by atoms with Crippen LogP contribution >= 0.6 is 0 Å². The van der Waals surface area contributed by atoms with Gasteiger partial charge in [-0.3, -0.25) is 9.59 Å². The Balaban J connectivity index is 1.91. The minimum absolute atomic E-state index is 0.286. The molecule has 0 radical (unpaired) electrons. The van der Waals surface area contributed by atoms with E-state index in [0.29, 0.717) is 28.5 Å². The highest BCUT2D eigenvalue weighted by Gasteiger charge is 2.27. The molecule has 0 saturated heterocycles. The van der Waals surface area contributed by atoms with Crippen molar-refractivity contribution < 1.29 is 23.9 Å². The summed E-state index contributed by atoms with van der Waals surface area (Å²) in [7, 11) is 0. The number of carbonyl (C=O) groups excluding carboxylic acids is 2. The molecule has 0 aromatic heterocycles. The van der Waals surface area contributed by atoms with Crippen molar-refractivity contribution in [2.45, 2.75) is 0 Å². The second-order valence-electron chi connectivity index (χ2n) is 4.94. The summed E-state index contributed by atoms with van der Waals surface area (Å²) in [5.74, 6) is -2.66. The van der Waals surface area contributed by atoms with Crippen LogP contribution in [-0.2, 0) is 9.59 Å². The minimum Gasteiger partial charge on any atom is -0.478 e. The average Bonchev–Trinajstić information content (AvgIpc) is 2.78. The molecule has 2 aromatic rings. The molecule has 2 aromatic carbocycles. The van der Waals surface area contributed by atoms with Gasteiger partial charge in [-0.2, -0.15) is 0 Å². The molecule has 1 aliphatic carbocycles. The zero-order valence-corrected chi connectivity index (χ0v) is 11.7. The largest absolute Gasteiger partial charge is 0.478 e. The van der Waals surface area contributed by atoms with Crippen LogP contribution in [-0.4, -0.2) is 22.8 Å². The molecule has 3 rings (SSSR count). The predicted molar refractivity (Wildman–Crippen MR) is 80.7 cm³/mol. The van der Waals surface area contributed by atoms with E-state index in [1.807, 2.05) is 0 Å². The molecular weight excluding hydrogens is 301 g/mol. The summed E-state index contributed by atoms with van der Waals surface area (Å²) in [5.41, 5.74) is 2.32. The normalized spacial score (nSPS) is 12.1. The number of carboxylic acids is 1. The summed E-state index contributed by atoms with van der Waals surface area (Å²) in [6.45, 7) is 0. The molecule has 0 aliphatic heterocycles. The van der Waals surface area contributed by atoms with Crippen LogP contribution in [0.25, 0.3) is 11.1 Å². The van der Waals surface area contributed by atoms with Crippen molar-refractivity contribution in [3.05, 3.63) is 65.5 Å². The van der Waals surface area contributed by atoms with E-state index in [9.17, 15) is 18.8 Å². The smallest absolute Gasteiger partial charge is 0.328 e. The summed E-state index contributed by atoms with van der Waals surface area (Å²) >= 11 is 0. The first-order chi connectivity index (χ1) is 11.0. The number of hydrogen-bond acceptors (Lipinski definition) is 3. The average molecular weight is 311 g/mol. The molecule has 5 nitrogen and oxygen atoms in total. The molecule has 2 N–H and O–H groups in total. The number of anilines is 1. The Morgan fingerprint density at radius 3 is 2.30 bits per heavy atom. The molecule has 0 spiro atoms. The van der Waals surface area contributed by atoms with Crippen molar-refractivity contribution in [1.29, 1.82) is 0 Å². The zero-order valence-electron chi connectivity index (χ0n) is 11.7. The fraction of sp³-hybridized carbons (Fsp3) is 0. The Hall–Kier alpha value is -3.28. The van der Waals surface area contributed by atoms with E-state index in [1.54, 1.807) is 18.2 Å². The first-order valence-electron chi connectivity index (χ1n) is 6.66. The number of halogens is 1. The lowest BCUT2D eigenvalue weighted by atomic mass is 10.1. The van der Waals surface area contributed by atoms with Gasteiger partial charge in [-0.15, -0.1) is 0 Å². The van der Waals surface area contributed by atoms with Crippen molar-refractivity contribution in [3.63, 3.8) is 0 Å². The fourth-order valence-corrected chi connectivity index (χ4v) is 2.46. The van der Waals surface area contributed by atoms with Crippen LogP contribution in [0.2, 0.25) is 0 Å². The predicted octanol–water partition coefficient (Wildman–Crippen LogP) is 2.62. The first-order valence-corrected chi connectivity index (χ1v) is 6.66. The van der Waals surface area contributed by atoms with Crippen molar-refractivity contribution in [1.82, 2.24) is 0 Å². The van der Waals surface area contributed by atoms with Crippen LogP contribution in [0.4, 0.5) is 10.1 Å². The lowest BCUT2D eigenvalue weighted by molar-refractivity contribution is -0.131. The van der Waals surface area contributed by atoms with Gasteiger partial charge in [-0.1, -0.05) is 12.1 Å². The summed E-state index contributed by atoms with van der Waals surface area (Å²) in [6.07, 6.45) is 1.59. The molecule has 0 heterocycles. The number of hydrogen-bond donors (Lipinski definition) is 2. The lowest BCUT2D eigenvalue weighted by Crippen LogP contribution is -2.09. The van der Waals surface area contributed by atoms with Gasteiger partial charge in [0.25, 0.3) is 0 Å². The summed E-state index contributed by atoms with van der Waals surface area (Å²) < 4.78 is 13.3. The van der Waals surface area contributed by atoms with Crippen LogP contribution in [0.15, 0.2) is 48.6 Å². The van der Waals surface area contributed by atoms with E-state index >= 15 is 0 Å². The van der Waals surface area contributed by atoms with Crippen LogP contribution in [0, 0.1) is 5.82 Å². The molecule has 0 saturated carbocycles. The highest BCUT2D eigenvalue weighted by molar-refractivity contribution is 6.22. The third-order valence-electron chi connectivity index (χ3n) is 3.43. The molecule has 1 aliphatic rings. The SMILES string of the molecule is O=C(O)C=CC(=O)Nc1ccc2c(c1)C(=O)c1cc(F)ccc1-2. The number of ketones is 1. The number of carboxylic acid groups (broad SMARTS) is 1. The summed E-state index contributed by atoms with van der Waals surface area (Å²) in [5, 5.41) is 10.9. The van der Waals surface area contributed by atoms with E-state index in [0.717, 1.165) is 6.08 Å². The van der Waals surface area contributed by atoms with Gasteiger partial charge in [-0.25, -0.2) is 9.18 Å². The maximum absolute atomic E-state index is 13.3. The van der Waals surface area contributed by atoms with Crippen molar-refractivity contribution in [2.75, 3.05) is 5.32 Å². The number of fused-ring (bicyclic) bond motifs is 3. The molecule has 0 atom stereocenters. The third kappa shape index (κ3) is 2.74. The Bertz CT molecular complexity index is 886. The zero-order chi connectivity index (χ0) is 16.6. The highest BCUT2D eigenvalue weighted by Crippen LogP contribution is 2.38. The molecule has 0 unspecified atom stereocenters. The van der Waals surface area contributed by atoms with E-state index in [-0.39, 0.29) is 11.3 Å². The van der Waals surface area contributed by atoms with Crippen LogP contribution in [0.3, 0.4) is 0 Å². The molecule has 23 heavy (non-hydrogen) atoms. The van der Waals surface area contributed by atoms with Crippen LogP contribution < -0.4 is 5.32 Å². The molecule has 1 amide bonds. The van der Waals surface area contributed by atoms with Gasteiger partial charge in [0.05, 0.1) is 0 Å². The Morgan fingerprint density at radius 2 is 1.61 bits per heavy atom.